The van der Waals surface area contributed by atoms with Crippen LogP contribution >= 0.6 is 24.8 Å². The molecule has 5 nitrogen and oxygen atoms in total. The highest BCUT2D eigenvalue weighted by atomic mass is 35.5. The number of nitrogens with two attached hydrogens (primary N) is 1. The van der Waals surface area contributed by atoms with Crippen LogP contribution in [0.3, 0.4) is 0 Å². The number of carbonyl (C=O) groups is 1. The van der Waals surface area contributed by atoms with Crippen molar-refractivity contribution >= 4 is 36.4 Å². The van der Waals surface area contributed by atoms with E-state index in [2.05, 4.69) is 9.88 Å². The molecule has 3 rings (SSSR count). The summed E-state index contributed by atoms with van der Waals surface area (Å²) in [4.78, 5) is 20.7. The summed E-state index contributed by atoms with van der Waals surface area (Å²) < 4.78 is 0. The Morgan fingerprint density at radius 3 is 2.38 bits per heavy atom. The molecular weight excluding hydrogens is 311 g/mol. The monoisotopic (exact) mass is 332 g/mol. The van der Waals surface area contributed by atoms with Gasteiger partial charge in [0.2, 0.25) is 0 Å². The molecule has 0 radical (unpaired) electrons. The second-order valence-electron chi connectivity index (χ2n) is 5.51. The minimum absolute atomic E-state index is 0. The minimum atomic E-state index is 0. The fourth-order valence-corrected chi connectivity index (χ4v) is 2.49. The molecule has 1 amide bonds. The molecule has 1 aliphatic heterocycles. The van der Waals surface area contributed by atoms with E-state index in [-0.39, 0.29) is 30.7 Å². The van der Waals surface area contributed by atoms with E-state index in [0.29, 0.717) is 11.4 Å². The highest BCUT2D eigenvalue weighted by Gasteiger charge is 2.28. The molecule has 2 aliphatic rings. The number of amides is 1. The maximum absolute atomic E-state index is 12.3. The Morgan fingerprint density at radius 1 is 1.19 bits per heavy atom. The number of halogens is 2. The highest BCUT2D eigenvalue weighted by molar-refractivity contribution is 5.92. The number of hydrogen-bond donors (Lipinski definition) is 1. The SMILES string of the molecule is Cl.Cl.Nc1ccc(C(=O)N2CCN(CC3CC3)CC2)nc1. The summed E-state index contributed by atoms with van der Waals surface area (Å²) in [6.07, 6.45) is 4.31. The number of rotatable bonds is 3. The molecule has 0 unspecified atom stereocenters. The van der Waals surface area contributed by atoms with E-state index >= 15 is 0 Å². The lowest BCUT2D eigenvalue weighted by molar-refractivity contribution is 0.0626. The van der Waals surface area contributed by atoms with Crippen LogP contribution in [-0.4, -0.2) is 53.4 Å². The number of nitrogens with zero attached hydrogens (tertiary/aromatic N) is 3. The maximum atomic E-state index is 12.3. The highest BCUT2D eigenvalue weighted by Crippen LogP contribution is 2.29. The van der Waals surface area contributed by atoms with Gasteiger partial charge >= 0.3 is 0 Å². The predicted octanol–water partition coefficient (Wildman–Crippen LogP) is 1.68. The molecule has 1 aromatic rings. The van der Waals surface area contributed by atoms with E-state index in [1.165, 1.54) is 25.6 Å². The van der Waals surface area contributed by atoms with Crippen molar-refractivity contribution in [3.63, 3.8) is 0 Å². The summed E-state index contributed by atoms with van der Waals surface area (Å²) in [5, 5.41) is 0. The largest absolute Gasteiger partial charge is 0.397 e. The molecule has 1 saturated heterocycles. The zero-order valence-corrected chi connectivity index (χ0v) is 13.5. The number of carbonyl (C=O) groups excluding carboxylic acids is 1. The van der Waals surface area contributed by atoms with Crippen molar-refractivity contribution in [1.29, 1.82) is 0 Å². The second-order valence-corrected chi connectivity index (χ2v) is 5.51. The predicted molar refractivity (Wildman–Crippen MR) is 88.2 cm³/mol. The summed E-state index contributed by atoms with van der Waals surface area (Å²) in [5.74, 6) is 0.937. The number of piperazine rings is 1. The molecule has 7 heteroatoms. The lowest BCUT2D eigenvalue weighted by atomic mass is 10.2. The molecule has 21 heavy (non-hydrogen) atoms. The van der Waals surface area contributed by atoms with Crippen molar-refractivity contribution in [2.45, 2.75) is 12.8 Å². The van der Waals surface area contributed by atoms with Crippen LogP contribution in [0.2, 0.25) is 0 Å². The van der Waals surface area contributed by atoms with Crippen molar-refractivity contribution in [2.24, 2.45) is 5.92 Å². The third-order valence-corrected chi connectivity index (χ3v) is 3.88. The lowest BCUT2D eigenvalue weighted by Gasteiger charge is -2.34. The Kier molecular flexibility index (Phi) is 6.71. The number of aromatic nitrogens is 1. The molecule has 1 aromatic heterocycles. The van der Waals surface area contributed by atoms with Crippen LogP contribution in [-0.2, 0) is 0 Å². The Morgan fingerprint density at radius 2 is 1.86 bits per heavy atom. The number of nitrogen functional groups attached to an aromatic ring is 1. The molecule has 1 saturated carbocycles. The van der Waals surface area contributed by atoms with Gasteiger partial charge in [-0.2, -0.15) is 0 Å². The van der Waals surface area contributed by atoms with Crippen LogP contribution in [0.15, 0.2) is 18.3 Å². The molecule has 2 fully saturated rings. The summed E-state index contributed by atoms with van der Waals surface area (Å²) >= 11 is 0. The number of pyridine rings is 1. The first kappa shape index (κ1) is 18.0. The standard InChI is InChI=1S/C14H20N4O.2ClH/c15-12-3-4-13(16-9-12)14(19)18-7-5-17(6-8-18)10-11-1-2-11;;/h3-4,9,11H,1-2,5-8,10,15H2;2*1H. The molecule has 2 N–H and O–H groups in total. The maximum Gasteiger partial charge on any atom is 0.272 e. The Balaban J connectivity index is 0.00000110. The van der Waals surface area contributed by atoms with E-state index in [9.17, 15) is 4.79 Å². The van der Waals surface area contributed by atoms with Crippen LogP contribution < -0.4 is 5.73 Å². The van der Waals surface area contributed by atoms with Crippen LogP contribution in [0.4, 0.5) is 5.69 Å². The quantitative estimate of drug-likeness (QED) is 0.914. The summed E-state index contributed by atoms with van der Waals surface area (Å²) in [5.41, 5.74) is 6.66. The van der Waals surface area contributed by atoms with Crippen LogP contribution in [0.5, 0.6) is 0 Å². The first-order valence-electron chi connectivity index (χ1n) is 6.95. The van der Waals surface area contributed by atoms with Gasteiger partial charge in [-0.15, -0.1) is 24.8 Å². The summed E-state index contributed by atoms with van der Waals surface area (Å²) in [7, 11) is 0. The summed E-state index contributed by atoms with van der Waals surface area (Å²) in [6, 6.07) is 3.43. The molecule has 0 bridgehead atoms. The van der Waals surface area contributed by atoms with Crippen molar-refractivity contribution in [3.8, 4) is 0 Å². The van der Waals surface area contributed by atoms with Gasteiger partial charge in [0.25, 0.3) is 5.91 Å². The van der Waals surface area contributed by atoms with Gasteiger partial charge in [0.05, 0.1) is 11.9 Å². The van der Waals surface area contributed by atoms with E-state index in [1.54, 1.807) is 12.1 Å². The van der Waals surface area contributed by atoms with E-state index < -0.39 is 0 Å². The van der Waals surface area contributed by atoms with Crippen LogP contribution in [0, 0.1) is 5.92 Å². The van der Waals surface area contributed by atoms with Gasteiger partial charge in [0, 0.05) is 32.7 Å². The number of anilines is 1. The zero-order valence-electron chi connectivity index (χ0n) is 11.9. The average molecular weight is 333 g/mol. The molecule has 118 valence electrons. The van der Waals surface area contributed by atoms with Crippen molar-refractivity contribution in [2.75, 3.05) is 38.5 Å². The van der Waals surface area contributed by atoms with E-state index in [4.69, 9.17) is 5.73 Å². The van der Waals surface area contributed by atoms with Gasteiger partial charge in [0.15, 0.2) is 0 Å². The van der Waals surface area contributed by atoms with E-state index in [0.717, 1.165) is 32.1 Å². The molecule has 1 aliphatic carbocycles. The van der Waals surface area contributed by atoms with E-state index in [1.807, 2.05) is 4.90 Å². The van der Waals surface area contributed by atoms with Crippen LogP contribution in [0.1, 0.15) is 23.3 Å². The Labute approximate surface area is 137 Å². The lowest BCUT2D eigenvalue weighted by Crippen LogP contribution is -2.49. The smallest absolute Gasteiger partial charge is 0.272 e. The molecule has 0 atom stereocenters. The second kappa shape index (κ2) is 7.82. The molecule has 2 heterocycles. The first-order valence-corrected chi connectivity index (χ1v) is 6.95. The van der Waals surface area contributed by atoms with Crippen molar-refractivity contribution in [3.05, 3.63) is 24.0 Å². The molecule has 0 spiro atoms. The Bertz CT molecular complexity index is 457. The fraction of sp³-hybridized carbons (Fsp3) is 0.571. The average Bonchev–Trinajstić information content (AvgIpc) is 3.24. The third kappa shape index (κ3) is 4.73. The van der Waals surface area contributed by atoms with Crippen LogP contribution in [0.25, 0.3) is 0 Å². The van der Waals surface area contributed by atoms with Gasteiger partial charge in [-0.3, -0.25) is 9.69 Å². The van der Waals surface area contributed by atoms with Crippen molar-refractivity contribution in [1.82, 2.24) is 14.8 Å². The van der Waals surface area contributed by atoms with Gasteiger partial charge in [-0.1, -0.05) is 0 Å². The van der Waals surface area contributed by atoms with Gasteiger partial charge in [-0.25, -0.2) is 4.98 Å². The molecular formula is C14H22Cl2N4O. The van der Waals surface area contributed by atoms with Gasteiger partial charge in [-0.05, 0) is 30.9 Å². The first-order chi connectivity index (χ1) is 9.22. The molecule has 0 aromatic carbocycles. The van der Waals surface area contributed by atoms with Crippen molar-refractivity contribution < 1.29 is 4.79 Å². The third-order valence-electron chi connectivity index (χ3n) is 3.88. The summed E-state index contributed by atoms with van der Waals surface area (Å²) in [6.45, 7) is 4.78. The zero-order chi connectivity index (χ0) is 13.2. The minimum Gasteiger partial charge on any atom is -0.397 e. The normalized spacial score (nSPS) is 18.6. The van der Waals surface area contributed by atoms with Gasteiger partial charge in [0.1, 0.15) is 5.69 Å². The fourth-order valence-electron chi connectivity index (χ4n) is 2.49. The van der Waals surface area contributed by atoms with Gasteiger partial charge < -0.3 is 10.6 Å². The number of hydrogen-bond acceptors (Lipinski definition) is 4. The Hall–Kier alpha value is -1.04. The topological polar surface area (TPSA) is 62.5 Å².